The molecule has 0 bridgehead atoms. The van der Waals surface area contributed by atoms with Crippen LogP contribution >= 0.6 is 18.8 Å². The summed E-state index contributed by atoms with van der Waals surface area (Å²) in [5, 5.41) is 0. The minimum absolute atomic E-state index is 1.58. The van der Waals surface area contributed by atoms with Crippen molar-refractivity contribution in [2.24, 2.45) is 0 Å². The molecular weight excluding hydrogens is 290 g/mol. The summed E-state index contributed by atoms with van der Waals surface area (Å²) in [4.78, 5) is 0. The Hall–Kier alpha value is 1.01. The van der Waals surface area contributed by atoms with Crippen LogP contribution in [0.3, 0.4) is 0 Å². The quantitative estimate of drug-likeness (QED) is 0.694. The van der Waals surface area contributed by atoms with Crippen molar-refractivity contribution in [3.8, 4) is 0 Å². The molecule has 0 unspecified atom stereocenters. The monoisotopic (exact) mass is 292 g/mol. The molecule has 0 saturated heterocycles. The van der Waals surface area contributed by atoms with Gasteiger partial charge in [0.2, 0.25) is 0 Å². The molecule has 0 aromatic heterocycles. The molecule has 3 heteroatoms. The Balaban J connectivity index is 2.83. The van der Waals surface area contributed by atoms with E-state index in [1.807, 2.05) is 0 Å². The first-order valence-corrected chi connectivity index (χ1v) is 7.77. The van der Waals surface area contributed by atoms with E-state index in [1.165, 1.54) is 0 Å². The fraction of sp³-hybridized carbons (Fsp3) is 0. The summed E-state index contributed by atoms with van der Waals surface area (Å²) in [6.45, 7) is 3.37. The molecule has 0 aromatic rings. The summed E-state index contributed by atoms with van der Waals surface area (Å²) in [7, 11) is 10.5. The van der Waals surface area contributed by atoms with E-state index >= 15 is 0 Å². The average Bonchev–Trinajstić information content (AvgIpc) is 1.38. The zero-order valence-electron chi connectivity index (χ0n) is 2.36. The van der Waals surface area contributed by atoms with Crippen molar-refractivity contribution in [2.45, 2.75) is 0 Å². The van der Waals surface area contributed by atoms with Crippen LogP contribution in [0.2, 0.25) is 0 Å². The molecule has 0 spiro atoms. The first-order chi connectivity index (χ1) is 2.27. The van der Waals surface area contributed by atoms with Gasteiger partial charge in [-0.1, -0.05) is 0 Å². The van der Waals surface area contributed by atoms with E-state index in [2.05, 4.69) is 6.58 Å². The second-order valence-electron chi connectivity index (χ2n) is 0.312. The van der Waals surface area contributed by atoms with E-state index in [0.717, 1.165) is 0 Å². The van der Waals surface area contributed by atoms with Gasteiger partial charge in [0.1, 0.15) is 0 Å². The molecule has 0 nitrogen and oxygen atoms in total. The molecule has 0 rings (SSSR count). The number of hydrogen-bond donors (Lipinski definition) is 0. The van der Waals surface area contributed by atoms with Crippen LogP contribution in [0.5, 0.6) is 0 Å². The molecule has 0 saturated carbocycles. The molecule has 0 atom stereocenters. The van der Waals surface area contributed by atoms with Gasteiger partial charge in [0.25, 0.3) is 0 Å². The Bertz CT molecular complexity index is 34.6. The summed E-state index contributed by atoms with van der Waals surface area (Å²) in [5.41, 5.74) is 0. The number of halogens is 2. The van der Waals surface area contributed by atoms with E-state index in [-0.39, 0.29) is 0 Å². The molecule has 0 heterocycles. The maximum atomic E-state index is 5.27. The van der Waals surface area contributed by atoms with Gasteiger partial charge in [-0.05, 0) is 0 Å². The van der Waals surface area contributed by atoms with Gasteiger partial charge in [0, 0.05) is 0 Å². The van der Waals surface area contributed by atoms with Crippen LogP contribution in [0.15, 0.2) is 11.0 Å². The molecule has 0 amide bonds. The molecule has 0 aliphatic carbocycles. The Morgan fingerprint density at radius 3 is 1.80 bits per heavy atom. The number of hydrogen-bond acceptors (Lipinski definition) is 0. The summed E-state index contributed by atoms with van der Waals surface area (Å²) in [6, 6.07) is 0. The van der Waals surface area contributed by atoms with E-state index < -0.39 is 15.2 Å². The van der Waals surface area contributed by atoms with Gasteiger partial charge in [0.05, 0.1) is 0 Å². The van der Waals surface area contributed by atoms with E-state index in [0.29, 0.717) is 0 Å². The van der Waals surface area contributed by atoms with Gasteiger partial charge in [0.15, 0.2) is 0 Å². The Kier molecular flexibility index (Phi) is 3.85. The molecule has 0 aliphatic rings. The van der Waals surface area contributed by atoms with E-state index in [1.54, 1.807) is 4.47 Å². The van der Waals surface area contributed by atoms with Crippen LogP contribution in [-0.2, 0) is 15.2 Å². The molecule has 5 heavy (non-hydrogen) atoms. The van der Waals surface area contributed by atoms with E-state index in [9.17, 15) is 0 Å². The summed E-state index contributed by atoms with van der Waals surface area (Å²) >= 11 is -1.58. The normalized spacial score (nSPS) is 10.4. The molecule has 36 valence electrons. The second-order valence-corrected chi connectivity index (χ2v) is 7.77. The SMILES string of the molecule is C=[CH][Pt-]([Cl])[Cl]. The fourth-order valence-electron chi connectivity index (χ4n) is 0. The molecule has 0 aromatic carbocycles. The minimum atomic E-state index is -1.58. The Labute approximate surface area is 45.2 Å². The van der Waals surface area contributed by atoms with Gasteiger partial charge in [-0.15, -0.1) is 0 Å². The third kappa shape index (κ3) is 5.01. The predicted molar refractivity (Wildman–Crippen MR) is 21.9 cm³/mol. The first kappa shape index (κ1) is 6.01. The van der Waals surface area contributed by atoms with Crippen molar-refractivity contribution in [2.75, 3.05) is 0 Å². The van der Waals surface area contributed by atoms with Crippen molar-refractivity contribution in [3.63, 3.8) is 0 Å². The average molecular weight is 293 g/mol. The summed E-state index contributed by atoms with van der Waals surface area (Å²) in [6.07, 6.45) is 0. The van der Waals surface area contributed by atoms with Crippen molar-refractivity contribution in [1.82, 2.24) is 0 Å². The van der Waals surface area contributed by atoms with Crippen LogP contribution in [0, 0.1) is 0 Å². The van der Waals surface area contributed by atoms with Crippen molar-refractivity contribution in [1.29, 1.82) is 0 Å². The van der Waals surface area contributed by atoms with E-state index in [4.69, 9.17) is 18.8 Å². The summed E-state index contributed by atoms with van der Waals surface area (Å²) < 4.78 is 1.60. The Morgan fingerprint density at radius 2 is 1.80 bits per heavy atom. The van der Waals surface area contributed by atoms with Crippen LogP contribution in [0.1, 0.15) is 0 Å². The van der Waals surface area contributed by atoms with Gasteiger partial charge < -0.3 is 0 Å². The maximum absolute atomic E-state index is 5.27. The summed E-state index contributed by atoms with van der Waals surface area (Å²) in [5.74, 6) is 0. The van der Waals surface area contributed by atoms with Gasteiger partial charge >= 0.3 is 45.1 Å². The zero-order chi connectivity index (χ0) is 4.28. The first-order valence-electron chi connectivity index (χ1n) is 0.830. The third-order valence-corrected chi connectivity index (χ3v) is 2.40. The third-order valence-electron chi connectivity index (χ3n) is 0.0976. The van der Waals surface area contributed by atoms with Gasteiger partial charge in [-0.2, -0.15) is 0 Å². The van der Waals surface area contributed by atoms with Crippen LogP contribution in [0.25, 0.3) is 0 Å². The van der Waals surface area contributed by atoms with Crippen molar-refractivity contribution < 1.29 is 15.2 Å². The molecule has 0 aliphatic heterocycles. The molecule has 0 fully saturated rings. The van der Waals surface area contributed by atoms with Crippen LogP contribution < -0.4 is 0 Å². The molecule has 0 radical (unpaired) electrons. The standard InChI is InChI=1S/C2H3.2ClH.Pt/c1-2;;;/h1H,2H2;2*1H;/q;;;+1/p-2. The number of rotatable bonds is 1. The van der Waals surface area contributed by atoms with Crippen LogP contribution in [-0.4, -0.2) is 0 Å². The predicted octanol–water partition coefficient (Wildman–Crippen LogP) is 2.06. The Morgan fingerprint density at radius 1 is 1.60 bits per heavy atom. The zero-order valence-corrected chi connectivity index (χ0v) is 6.14. The van der Waals surface area contributed by atoms with Gasteiger partial charge in [-0.25, -0.2) is 0 Å². The second kappa shape index (κ2) is 3.21. The van der Waals surface area contributed by atoms with Gasteiger partial charge in [-0.3, -0.25) is 0 Å². The molecule has 0 N–H and O–H groups in total. The fourth-order valence-corrected chi connectivity index (χ4v) is 0. The topological polar surface area (TPSA) is 0 Å². The van der Waals surface area contributed by atoms with Crippen molar-refractivity contribution >= 4 is 18.8 Å². The van der Waals surface area contributed by atoms with Crippen molar-refractivity contribution in [3.05, 3.63) is 11.0 Å². The van der Waals surface area contributed by atoms with Crippen LogP contribution in [0.4, 0.5) is 0 Å². The molecular formula is C2H3Cl2Pt-.